The molecule has 0 heterocycles. The molecular weight excluding hydrogens is 370 g/mol. The lowest BCUT2D eigenvalue weighted by Gasteiger charge is -2.13. The van der Waals surface area contributed by atoms with Crippen LogP contribution in [0.2, 0.25) is 0 Å². The molecule has 1 unspecified atom stereocenters. The first-order valence-corrected chi connectivity index (χ1v) is 8.02. The number of halogens is 2. The Labute approximate surface area is 119 Å². The minimum atomic E-state index is -3.51. The lowest BCUT2D eigenvalue weighted by Crippen LogP contribution is -2.32. The third-order valence-electron chi connectivity index (χ3n) is 2.06. The Morgan fingerprint density at radius 2 is 2.12 bits per heavy atom. The Bertz CT molecular complexity index is 514. The molecule has 0 radical (unpaired) electrons. The van der Waals surface area contributed by atoms with E-state index in [4.69, 9.17) is 0 Å². The molecule has 6 heteroatoms. The van der Waals surface area contributed by atoms with Gasteiger partial charge in [0.15, 0.2) is 0 Å². The van der Waals surface area contributed by atoms with Crippen molar-refractivity contribution in [2.24, 2.45) is 0 Å². The molecule has 3 nitrogen and oxygen atoms in total. The van der Waals surface area contributed by atoms with E-state index in [2.05, 4.69) is 43.2 Å². The molecule has 0 fully saturated rings. The molecule has 0 bridgehead atoms. The zero-order chi connectivity index (χ0) is 13.1. The Kier molecular flexibility index (Phi) is 5.37. The van der Waals surface area contributed by atoms with Crippen LogP contribution < -0.4 is 4.72 Å². The van der Waals surface area contributed by atoms with Gasteiger partial charge in [0, 0.05) is 15.0 Å². The van der Waals surface area contributed by atoms with Crippen molar-refractivity contribution in [1.82, 2.24) is 4.72 Å². The van der Waals surface area contributed by atoms with Crippen LogP contribution in [0.3, 0.4) is 0 Å². The Morgan fingerprint density at radius 1 is 1.47 bits per heavy atom. The van der Waals surface area contributed by atoms with Gasteiger partial charge in [-0.15, -0.1) is 6.58 Å². The summed E-state index contributed by atoms with van der Waals surface area (Å²) in [4.78, 5) is 0.225. The number of benzene rings is 1. The van der Waals surface area contributed by atoms with Crippen LogP contribution in [0.5, 0.6) is 0 Å². The first-order valence-electron chi connectivity index (χ1n) is 4.95. The largest absolute Gasteiger partial charge is 0.241 e. The van der Waals surface area contributed by atoms with E-state index in [1.54, 1.807) is 31.2 Å². The van der Waals surface area contributed by atoms with Crippen LogP contribution in [0.15, 0.2) is 44.7 Å². The van der Waals surface area contributed by atoms with Crippen molar-refractivity contribution in [2.45, 2.75) is 24.3 Å². The van der Waals surface area contributed by atoms with E-state index < -0.39 is 10.0 Å². The first-order chi connectivity index (χ1) is 7.86. The summed E-state index contributed by atoms with van der Waals surface area (Å²) >= 11 is 6.49. The van der Waals surface area contributed by atoms with Gasteiger partial charge in [-0.2, -0.15) is 0 Å². The monoisotopic (exact) mass is 381 g/mol. The second-order valence-corrected chi connectivity index (χ2v) is 7.07. The zero-order valence-electron chi connectivity index (χ0n) is 9.28. The number of nitrogens with one attached hydrogen (secondary N) is 1. The Balaban J connectivity index is 3.04. The molecule has 0 spiro atoms. The summed E-state index contributed by atoms with van der Waals surface area (Å²) in [6.45, 7) is 5.38. The molecule has 17 heavy (non-hydrogen) atoms. The second-order valence-electron chi connectivity index (χ2n) is 3.62. The fraction of sp³-hybridized carbons (Fsp3) is 0.273. The van der Waals surface area contributed by atoms with Crippen LogP contribution in [-0.4, -0.2) is 14.5 Å². The van der Waals surface area contributed by atoms with Crippen LogP contribution in [0.25, 0.3) is 0 Å². The summed E-state index contributed by atoms with van der Waals surface area (Å²) in [5, 5.41) is 0. The van der Waals surface area contributed by atoms with Gasteiger partial charge in [0.1, 0.15) is 0 Å². The van der Waals surface area contributed by atoms with Crippen LogP contribution in [0, 0.1) is 0 Å². The van der Waals surface area contributed by atoms with Crippen molar-refractivity contribution in [2.75, 3.05) is 0 Å². The van der Waals surface area contributed by atoms with Crippen molar-refractivity contribution >= 4 is 41.9 Å². The van der Waals surface area contributed by atoms with Crippen LogP contribution >= 0.6 is 31.9 Å². The van der Waals surface area contributed by atoms with Gasteiger partial charge in [-0.1, -0.05) is 22.0 Å². The minimum Gasteiger partial charge on any atom is -0.208 e. The summed E-state index contributed by atoms with van der Waals surface area (Å²) in [5.74, 6) is 0. The molecule has 94 valence electrons. The van der Waals surface area contributed by atoms with E-state index >= 15 is 0 Å². The molecule has 0 aliphatic rings. The van der Waals surface area contributed by atoms with Crippen LogP contribution in [0.1, 0.15) is 13.3 Å². The van der Waals surface area contributed by atoms with Gasteiger partial charge in [-0.05, 0) is 47.5 Å². The van der Waals surface area contributed by atoms with Gasteiger partial charge in [0.25, 0.3) is 0 Å². The van der Waals surface area contributed by atoms with E-state index in [0.29, 0.717) is 10.9 Å². The highest BCUT2D eigenvalue weighted by atomic mass is 79.9. The third kappa shape index (κ3) is 4.21. The lowest BCUT2D eigenvalue weighted by molar-refractivity contribution is 0.561. The van der Waals surface area contributed by atoms with Crippen molar-refractivity contribution in [3.05, 3.63) is 39.8 Å². The normalized spacial score (nSPS) is 13.4. The Hall–Kier alpha value is -0.170. The summed E-state index contributed by atoms with van der Waals surface area (Å²) < 4.78 is 28.0. The van der Waals surface area contributed by atoms with Crippen LogP contribution in [-0.2, 0) is 10.0 Å². The molecular formula is C11H13Br2NO2S. The summed E-state index contributed by atoms with van der Waals surface area (Å²) in [7, 11) is -3.51. The van der Waals surface area contributed by atoms with Crippen molar-refractivity contribution in [3.8, 4) is 0 Å². The molecule has 1 aromatic rings. The molecule has 0 aromatic heterocycles. The van der Waals surface area contributed by atoms with E-state index in [0.717, 1.165) is 4.47 Å². The fourth-order valence-corrected chi connectivity index (χ4v) is 4.07. The molecule has 0 saturated carbocycles. The van der Waals surface area contributed by atoms with Crippen LogP contribution in [0.4, 0.5) is 0 Å². The average Bonchev–Trinajstić information content (AvgIpc) is 2.21. The average molecular weight is 383 g/mol. The zero-order valence-corrected chi connectivity index (χ0v) is 13.3. The summed E-state index contributed by atoms with van der Waals surface area (Å²) in [6, 6.07) is 4.85. The van der Waals surface area contributed by atoms with E-state index in [1.165, 1.54) is 0 Å². The summed E-state index contributed by atoms with van der Waals surface area (Å²) in [5.41, 5.74) is 0. The first kappa shape index (κ1) is 14.9. The Morgan fingerprint density at radius 3 is 2.71 bits per heavy atom. The maximum absolute atomic E-state index is 12.1. The predicted molar refractivity (Wildman–Crippen MR) is 76.4 cm³/mol. The molecule has 1 aromatic carbocycles. The molecule has 1 rings (SSSR count). The van der Waals surface area contributed by atoms with E-state index in [9.17, 15) is 8.42 Å². The minimum absolute atomic E-state index is 0.177. The molecule has 0 saturated heterocycles. The maximum Gasteiger partial charge on any atom is 0.241 e. The van der Waals surface area contributed by atoms with Gasteiger partial charge < -0.3 is 0 Å². The lowest BCUT2D eigenvalue weighted by atomic mass is 10.3. The number of sulfonamides is 1. The SMILES string of the molecule is C=CCC(C)NS(=O)(=O)c1cc(Br)ccc1Br. The van der Waals surface area contributed by atoms with E-state index in [-0.39, 0.29) is 10.9 Å². The fourth-order valence-electron chi connectivity index (χ4n) is 1.31. The van der Waals surface area contributed by atoms with Gasteiger partial charge in [0.2, 0.25) is 10.0 Å². The number of rotatable bonds is 5. The number of hydrogen-bond donors (Lipinski definition) is 1. The highest BCUT2D eigenvalue weighted by Gasteiger charge is 2.19. The van der Waals surface area contributed by atoms with Gasteiger partial charge in [-0.25, -0.2) is 13.1 Å². The third-order valence-corrected chi connectivity index (χ3v) is 5.14. The van der Waals surface area contributed by atoms with Gasteiger partial charge in [-0.3, -0.25) is 0 Å². The summed E-state index contributed by atoms with van der Waals surface area (Å²) in [6.07, 6.45) is 2.27. The highest BCUT2D eigenvalue weighted by molar-refractivity contribution is 9.11. The van der Waals surface area contributed by atoms with Crippen molar-refractivity contribution in [1.29, 1.82) is 0 Å². The molecule has 1 atom stereocenters. The molecule has 0 aliphatic heterocycles. The van der Waals surface area contributed by atoms with Crippen molar-refractivity contribution < 1.29 is 8.42 Å². The smallest absolute Gasteiger partial charge is 0.208 e. The molecule has 0 aliphatic carbocycles. The van der Waals surface area contributed by atoms with E-state index in [1.807, 2.05) is 0 Å². The standard InChI is InChI=1S/C11H13Br2NO2S/c1-3-4-8(2)14-17(15,16)11-7-9(12)5-6-10(11)13/h3,5-8,14H,1,4H2,2H3. The van der Waals surface area contributed by atoms with Gasteiger partial charge >= 0.3 is 0 Å². The van der Waals surface area contributed by atoms with Gasteiger partial charge in [0.05, 0.1) is 4.90 Å². The topological polar surface area (TPSA) is 46.2 Å². The quantitative estimate of drug-likeness (QED) is 0.792. The predicted octanol–water partition coefficient (Wildman–Crippen LogP) is 3.45. The van der Waals surface area contributed by atoms with Crippen molar-refractivity contribution in [3.63, 3.8) is 0 Å². The highest BCUT2D eigenvalue weighted by Crippen LogP contribution is 2.25. The molecule has 0 amide bonds. The molecule has 1 N–H and O–H groups in total. The maximum atomic E-state index is 12.1. The number of hydrogen-bond acceptors (Lipinski definition) is 2. The second kappa shape index (κ2) is 6.13.